The Bertz CT molecular complexity index is 750. The highest BCUT2D eigenvalue weighted by Gasteiger charge is 2.24. The molecule has 1 aliphatic heterocycles. The molecule has 1 fully saturated rings. The molecule has 0 unspecified atom stereocenters. The van der Waals surface area contributed by atoms with E-state index in [-0.39, 0.29) is 11.7 Å². The van der Waals surface area contributed by atoms with Crippen molar-refractivity contribution in [1.82, 2.24) is 9.78 Å². The highest BCUT2D eigenvalue weighted by atomic mass is 19.1. The number of hydrogen-bond acceptors (Lipinski definition) is 4. The molecular weight excluding hydrogens is 295 g/mol. The Kier molecular flexibility index (Phi) is 4.30. The van der Waals surface area contributed by atoms with Crippen LogP contribution in [0.5, 0.6) is 0 Å². The molecule has 0 spiro atoms. The second kappa shape index (κ2) is 6.39. The Morgan fingerprint density at radius 1 is 1.43 bits per heavy atom. The van der Waals surface area contributed by atoms with Gasteiger partial charge in [-0.2, -0.15) is 10.4 Å². The summed E-state index contributed by atoms with van der Waals surface area (Å²) in [7, 11) is 0. The first-order valence-electron chi connectivity index (χ1n) is 7.64. The van der Waals surface area contributed by atoms with E-state index < -0.39 is 5.82 Å². The van der Waals surface area contributed by atoms with Crippen molar-refractivity contribution in [3.8, 4) is 6.07 Å². The van der Waals surface area contributed by atoms with Crippen LogP contribution in [0.25, 0.3) is 0 Å². The molecule has 0 radical (unpaired) electrons. The van der Waals surface area contributed by atoms with E-state index in [2.05, 4.69) is 5.10 Å². The van der Waals surface area contributed by atoms with Gasteiger partial charge in [-0.3, -0.25) is 4.68 Å². The lowest BCUT2D eigenvalue weighted by Gasteiger charge is -2.35. The number of morpholine rings is 1. The molecule has 120 valence electrons. The highest BCUT2D eigenvalue weighted by Crippen LogP contribution is 2.24. The van der Waals surface area contributed by atoms with Crippen molar-refractivity contribution in [3.63, 3.8) is 0 Å². The van der Waals surface area contributed by atoms with Crippen molar-refractivity contribution < 1.29 is 9.13 Å². The standard InChI is InChI=1S/C17H19FN4O/c1-12-8-13(2)22(20-12)11-14-10-21(6-7-23-14)17-5-3-4-16(18)15(17)9-19/h3-5,8,14H,6-7,10-11H2,1-2H3/t14-/m0/s1. The minimum absolute atomic E-state index is 0.0449. The molecule has 0 saturated carbocycles. The number of anilines is 1. The van der Waals surface area contributed by atoms with Crippen molar-refractivity contribution >= 4 is 5.69 Å². The molecule has 0 aliphatic carbocycles. The van der Waals surface area contributed by atoms with Crippen LogP contribution < -0.4 is 4.90 Å². The normalized spacial score (nSPS) is 18.0. The molecule has 1 aromatic carbocycles. The third-order valence-electron chi connectivity index (χ3n) is 4.06. The Morgan fingerprint density at radius 3 is 2.96 bits per heavy atom. The van der Waals surface area contributed by atoms with E-state index in [0.29, 0.717) is 31.9 Å². The third-order valence-corrected chi connectivity index (χ3v) is 4.06. The second-order valence-corrected chi connectivity index (χ2v) is 5.79. The van der Waals surface area contributed by atoms with Crippen LogP contribution >= 0.6 is 0 Å². The summed E-state index contributed by atoms with van der Waals surface area (Å²) in [6.45, 7) is 6.42. The fraction of sp³-hybridized carbons (Fsp3) is 0.412. The summed E-state index contributed by atoms with van der Waals surface area (Å²) in [5, 5.41) is 13.7. The summed E-state index contributed by atoms with van der Waals surface area (Å²) in [6, 6.07) is 8.73. The molecular formula is C17H19FN4O. The smallest absolute Gasteiger partial charge is 0.143 e. The molecule has 2 aromatic rings. The monoisotopic (exact) mass is 314 g/mol. The number of halogens is 1. The molecule has 1 aliphatic rings. The molecule has 1 saturated heterocycles. The Morgan fingerprint density at radius 2 is 2.26 bits per heavy atom. The number of hydrogen-bond donors (Lipinski definition) is 0. The number of aromatic nitrogens is 2. The van der Waals surface area contributed by atoms with E-state index in [0.717, 1.165) is 11.4 Å². The molecule has 6 heteroatoms. The zero-order valence-corrected chi connectivity index (χ0v) is 13.3. The van der Waals surface area contributed by atoms with Crippen molar-refractivity contribution in [2.45, 2.75) is 26.5 Å². The lowest BCUT2D eigenvalue weighted by Crippen LogP contribution is -2.44. The molecule has 1 aromatic heterocycles. The first-order chi connectivity index (χ1) is 11.1. The average molecular weight is 314 g/mol. The minimum Gasteiger partial charge on any atom is -0.373 e. The van der Waals surface area contributed by atoms with Crippen molar-refractivity contribution in [3.05, 3.63) is 47.0 Å². The van der Waals surface area contributed by atoms with Crippen LogP contribution in [0, 0.1) is 31.0 Å². The number of nitrogens with zero attached hydrogens (tertiary/aromatic N) is 4. The molecule has 2 heterocycles. The third kappa shape index (κ3) is 3.20. The van der Waals surface area contributed by atoms with E-state index in [9.17, 15) is 9.65 Å². The van der Waals surface area contributed by atoms with Gasteiger partial charge >= 0.3 is 0 Å². The van der Waals surface area contributed by atoms with Crippen LogP contribution in [0.1, 0.15) is 17.0 Å². The first kappa shape index (κ1) is 15.5. The maximum Gasteiger partial charge on any atom is 0.143 e. The van der Waals surface area contributed by atoms with Gasteiger partial charge in [-0.15, -0.1) is 0 Å². The summed E-state index contributed by atoms with van der Waals surface area (Å²) in [5.74, 6) is -0.480. The first-order valence-corrected chi connectivity index (χ1v) is 7.64. The molecule has 3 rings (SSSR count). The largest absolute Gasteiger partial charge is 0.373 e. The van der Waals surface area contributed by atoms with Crippen LogP contribution in [0.15, 0.2) is 24.3 Å². The fourth-order valence-electron chi connectivity index (χ4n) is 2.99. The van der Waals surface area contributed by atoms with Gasteiger partial charge in [0.1, 0.15) is 17.4 Å². The number of ether oxygens (including phenoxy) is 1. The van der Waals surface area contributed by atoms with Gasteiger partial charge in [-0.05, 0) is 32.0 Å². The van der Waals surface area contributed by atoms with Gasteiger partial charge in [-0.25, -0.2) is 4.39 Å². The van der Waals surface area contributed by atoms with Crippen LogP contribution in [-0.4, -0.2) is 35.6 Å². The maximum absolute atomic E-state index is 13.8. The van der Waals surface area contributed by atoms with Crippen molar-refractivity contribution in [1.29, 1.82) is 5.26 Å². The van der Waals surface area contributed by atoms with Gasteiger partial charge in [0.05, 0.1) is 30.6 Å². The van der Waals surface area contributed by atoms with E-state index in [1.54, 1.807) is 12.1 Å². The summed E-state index contributed by atoms with van der Waals surface area (Å²) in [6.07, 6.45) is -0.0449. The van der Waals surface area contributed by atoms with Gasteiger partial charge in [0, 0.05) is 18.8 Å². The number of nitriles is 1. The van der Waals surface area contributed by atoms with Crippen LogP contribution in [0.3, 0.4) is 0 Å². The molecule has 0 bridgehead atoms. The van der Waals surface area contributed by atoms with Crippen LogP contribution in [-0.2, 0) is 11.3 Å². The average Bonchev–Trinajstić information content (AvgIpc) is 2.85. The van der Waals surface area contributed by atoms with Gasteiger partial charge in [0.15, 0.2) is 0 Å². The lowest BCUT2D eigenvalue weighted by atomic mass is 10.1. The van der Waals surface area contributed by atoms with Crippen molar-refractivity contribution in [2.24, 2.45) is 0 Å². The van der Waals surface area contributed by atoms with Gasteiger partial charge in [0.2, 0.25) is 0 Å². The van der Waals surface area contributed by atoms with E-state index in [1.807, 2.05) is 35.6 Å². The van der Waals surface area contributed by atoms with Crippen molar-refractivity contribution in [2.75, 3.05) is 24.6 Å². The summed E-state index contributed by atoms with van der Waals surface area (Å²) < 4.78 is 21.6. The summed E-state index contributed by atoms with van der Waals surface area (Å²) in [4.78, 5) is 2.02. The van der Waals surface area contributed by atoms with Crippen LogP contribution in [0.4, 0.5) is 10.1 Å². The predicted octanol–water partition coefficient (Wildman–Crippen LogP) is 2.42. The van der Waals surface area contributed by atoms with Gasteiger partial charge in [-0.1, -0.05) is 6.07 Å². The molecule has 5 nitrogen and oxygen atoms in total. The molecule has 1 atom stereocenters. The Hall–Kier alpha value is -2.39. The Balaban J connectivity index is 1.78. The molecule has 0 amide bonds. The van der Waals surface area contributed by atoms with Crippen LogP contribution in [0.2, 0.25) is 0 Å². The quantitative estimate of drug-likeness (QED) is 0.873. The molecule has 23 heavy (non-hydrogen) atoms. The molecule has 0 N–H and O–H groups in total. The zero-order valence-electron chi connectivity index (χ0n) is 13.3. The SMILES string of the molecule is Cc1cc(C)n(C[C@@H]2CN(c3cccc(F)c3C#N)CCO2)n1. The van der Waals surface area contributed by atoms with E-state index in [1.165, 1.54) is 6.07 Å². The van der Waals surface area contributed by atoms with E-state index in [4.69, 9.17) is 4.74 Å². The van der Waals surface area contributed by atoms with Gasteiger partial charge < -0.3 is 9.64 Å². The lowest BCUT2D eigenvalue weighted by molar-refractivity contribution is 0.0270. The summed E-state index contributed by atoms with van der Waals surface area (Å²) >= 11 is 0. The minimum atomic E-state index is -0.480. The highest BCUT2D eigenvalue weighted by molar-refractivity contribution is 5.60. The number of rotatable bonds is 3. The maximum atomic E-state index is 13.8. The summed E-state index contributed by atoms with van der Waals surface area (Å²) in [5.41, 5.74) is 2.80. The number of aryl methyl sites for hydroxylation is 2. The Labute approximate surface area is 134 Å². The fourth-order valence-corrected chi connectivity index (χ4v) is 2.99. The predicted molar refractivity (Wildman–Crippen MR) is 84.8 cm³/mol. The van der Waals surface area contributed by atoms with E-state index >= 15 is 0 Å². The second-order valence-electron chi connectivity index (χ2n) is 5.79. The topological polar surface area (TPSA) is 54.1 Å². The number of benzene rings is 1. The van der Waals surface area contributed by atoms with Gasteiger partial charge in [0.25, 0.3) is 0 Å². The zero-order chi connectivity index (χ0) is 16.4.